The number of amides is 1. The first-order valence-electron chi connectivity index (χ1n) is 6.02. The van der Waals surface area contributed by atoms with Gasteiger partial charge in [0, 0.05) is 29.7 Å². The summed E-state index contributed by atoms with van der Waals surface area (Å²) >= 11 is 3.42. The summed E-state index contributed by atoms with van der Waals surface area (Å²) in [7, 11) is 1.65. The van der Waals surface area contributed by atoms with Gasteiger partial charge >= 0.3 is 0 Å². The molecule has 0 bridgehead atoms. The molecule has 0 aliphatic carbocycles. The third-order valence-electron chi connectivity index (χ3n) is 2.71. The van der Waals surface area contributed by atoms with Gasteiger partial charge in [0.15, 0.2) is 0 Å². The monoisotopic (exact) mass is 313 g/mol. The van der Waals surface area contributed by atoms with Gasteiger partial charge in [0.1, 0.15) is 0 Å². The quantitative estimate of drug-likeness (QED) is 0.835. The van der Waals surface area contributed by atoms with Crippen molar-refractivity contribution < 1.29 is 9.53 Å². The van der Waals surface area contributed by atoms with E-state index in [1.54, 1.807) is 7.11 Å². The van der Waals surface area contributed by atoms with Crippen molar-refractivity contribution in [2.24, 2.45) is 0 Å². The maximum absolute atomic E-state index is 12.4. The highest BCUT2D eigenvalue weighted by molar-refractivity contribution is 9.10. The third kappa shape index (κ3) is 4.10. The SMILES string of the molecule is COCCN(C(=O)c1cc(C)cc(Br)c1)C(C)C. The van der Waals surface area contributed by atoms with Gasteiger partial charge in [0.2, 0.25) is 0 Å². The summed E-state index contributed by atoms with van der Waals surface area (Å²) < 4.78 is 5.98. The average Bonchev–Trinajstić information content (AvgIpc) is 2.27. The molecule has 0 spiro atoms. The number of rotatable bonds is 5. The Balaban J connectivity index is 2.94. The van der Waals surface area contributed by atoms with Crippen LogP contribution in [0.15, 0.2) is 22.7 Å². The largest absolute Gasteiger partial charge is 0.383 e. The Morgan fingerprint density at radius 3 is 2.56 bits per heavy atom. The molecule has 0 aliphatic rings. The molecule has 0 aliphatic heterocycles. The van der Waals surface area contributed by atoms with Crippen molar-refractivity contribution in [3.8, 4) is 0 Å². The molecule has 0 atom stereocenters. The summed E-state index contributed by atoms with van der Waals surface area (Å²) in [6, 6.07) is 5.92. The number of nitrogens with zero attached hydrogens (tertiary/aromatic N) is 1. The van der Waals surface area contributed by atoms with Crippen molar-refractivity contribution in [2.45, 2.75) is 26.8 Å². The van der Waals surface area contributed by atoms with E-state index in [1.807, 2.05) is 43.9 Å². The van der Waals surface area contributed by atoms with Crippen molar-refractivity contribution in [1.82, 2.24) is 4.90 Å². The summed E-state index contributed by atoms with van der Waals surface area (Å²) in [6.45, 7) is 7.17. The van der Waals surface area contributed by atoms with Crippen molar-refractivity contribution in [3.63, 3.8) is 0 Å². The number of benzene rings is 1. The number of ether oxygens (including phenoxy) is 1. The highest BCUT2D eigenvalue weighted by atomic mass is 79.9. The lowest BCUT2D eigenvalue weighted by molar-refractivity contribution is 0.0635. The molecular formula is C14H20BrNO2. The van der Waals surface area contributed by atoms with Crippen LogP contribution in [0, 0.1) is 6.92 Å². The van der Waals surface area contributed by atoms with Crippen LogP contribution in [-0.4, -0.2) is 37.1 Å². The normalized spacial score (nSPS) is 10.8. The second kappa shape index (κ2) is 6.90. The molecule has 0 N–H and O–H groups in total. The molecule has 0 radical (unpaired) electrons. The fraction of sp³-hybridized carbons (Fsp3) is 0.500. The number of hydrogen-bond donors (Lipinski definition) is 0. The Bertz CT molecular complexity index is 398. The number of methoxy groups -OCH3 is 1. The third-order valence-corrected chi connectivity index (χ3v) is 3.17. The number of hydrogen-bond acceptors (Lipinski definition) is 2. The average molecular weight is 314 g/mol. The van der Waals surface area contributed by atoms with Crippen molar-refractivity contribution in [3.05, 3.63) is 33.8 Å². The van der Waals surface area contributed by atoms with Crippen LogP contribution in [0.2, 0.25) is 0 Å². The predicted octanol–water partition coefficient (Wildman–Crippen LogP) is 3.25. The minimum Gasteiger partial charge on any atom is -0.383 e. The van der Waals surface area contributed by atoms with Gasteiger partial charge in [-0.15, -0.1) is 0 Å². The lowest BCUT2D eigenvalue weighted by Crippen LogP contribution is -2.39. The lowest BCUT2D eigenvalue weighted by atomic mass is 10.1. The van der Waals surface area contributed by atoms with E-state index >= 15 is 0 Å². The Morgan fingerprint density at radius 1 is 1.39 bits per heavy atom. The first-order chi connectivity index (χ1) is 8.45. The molecule has 0 unspecified atom stereocenters. The molecule has 1 rings (SSSR count). The summed E-state index contributed by atoms with van der Waals surface area (Å²) in [4.78, 5) is 14.3. The van der Waals surface area contributed by atoms with E-state index in [0.717, 1.165) is 10.0 Å². The van der Waals surface area contributed by atoms with Crippen LogP contribution in [0.3, 0.4) is 0 Å². The predicted molar refractivity (Wildman–Crippen MR) is 76.9 cm³/mol. The standard InChI is InChI=1S/C14H20BrNO2/c1-10(2)16(5-6-18-4)14(17)12-7-11(3)8-13(15)9-12/h7-10H,5-6H2,1-4H3. The zero-order valence-electron chi connectivity index (χ0n) is 11.4. The van der Waals surface area contributed by atoms with E-state index in [0.29, 0.717) is 18.7 Å². The van der Waals surface area contributed by atoms with Gasteiger partial charge in [0.05, 0.1) is 6.61 Å². The Hall–Kier alpha value is -0.870. The van der Waals surface area contributed by atoms with Crippen LogP contribution < -0.4 is 0 Å². The van der Waals surface area contributed by atoms with Crippen LogP contribution >= 0.6 is 15.9 Å². The van der Waals surface area contributed by atoms with Gasteiger partial charge < -0.3 is 9.64 Å². The Kier molecular flexibility index (Phi) is 5.82. The molecule has 18 heavy (non-hydrogen) atoms. The van der Waals surface area contributed by atoms with E-state index in [4.69, 9.17) is 4.74 Å². The summed E-state index contributed by atoms with van der Waals surface area (Å²) in [6.07, 6.45) is 0. The van der Waals surface area contributed by atoms with Gasteiger partial charge in [0.25, 0.3) is 5.91 Å². The highest BCUT2D eigenvalue weighted by Crippen LogP contribution is 2.17. The Morgan fingerprint density at radius 2 is 2.06 bits per heavy atom. The van der Waals surface area contributed by atoms with Crippen molar-refractivity contribution in [1.29, 1.82) is 0 Å². The van der Waals surface area contributed by atoms with Crippen molar-refractivity contribution in [2.75, 3.05) is 20.3 Å². The fourth-order valence-electron chi connectivity index (χ4n) is 1.81. The fourth-order valence-corrected chi connectivity index (χ4v) is 2.42. The van der Waals surface area contributed by atoms with Gasteiger partial charge in [-0.05, 0) is 44.5 Å². The molecule has 1 aromatic carbocycles. The molecule has 1 aromatic rings. The number of carbonyl (C=O) groups excluding carboxylic acids is 1. The maximum Gasteiger partial charge on any atom is 0.254 e. The second-order valence-electron chi connectivity index (χ2n) is 4.60. The highest BCUT2D eigenvalue weighted by Gasteiger charge is 2.18. The molecule has 4 heteroatoms. The van der Waals surface area contributed by atoms with Crippen LogP contribution in [0.4, 0.5) is 0 Å². The van der Waals surface area contributed by atoms with E-state index in [-0.39, 0.29) is 11.9 Å². The summed E-state index contributed by atoms with van der Waals surface area (Å²) in [5, 5.41) is 0. The van der Waals surface area contributed by atoms with E-state index in [1.165, 1.54) is 0 Å². The van der Waals surface area contributed by atoms with Crippen LogP contribution in [0.25, 0.3) is 0 Å². The number of aryl methyl sites for hydroxylation is 1. The zero-order valence-corrected chi connectivity index (χ0v) is 13.0. The minimum absolute atomic E-state index is 0.0476. The number of halogens is 1. The van der Waals surface area contributed by atoms with Gasteiger partial charge in [-0.3, -0.25) is 4.79 Å². The molecule has 0 fully saturated rings. The topological polar surface area (TPSA) is 29.5 Å². The Labute approximate surface area is 117 Å². The van der Waals surface area contributed by atoms with Gasteiger partial charge in [-0.25, -0.2) is 0 Å². The molecule has 0 saturated heterocycles. The van der Waals surface area contributed by atoms with Gasteiger partial charge in [-0.2, -0.15) is 0 Å². The smallest absolute Gasteiger partial charge is 0.254 e. The molecule has 0 saturated carbocycles. The molecule has 0 aromatic heterocycles. The van der Waals surface area contributed by atoms with E-state index < -0.39 is 0 Å². The molecule has 100 valence electrons. The van der Waals surface area contributed by atoms with Crippen LogP contribution in [0.1, 0.15) is 29.8 Å². The van der Waals surface area contributed by atoms with E-state index in [2.05, 4.69) is 15.9 Å². The first kappa shape index (κ1) is 15.2. The first-order valence-corrected chi connectivity index (χ1v) is 6.82. The summed E-state index contributed by atoms with van der Waals surface area (Å²) in [5.74, 6) is 0.0476. The van der Waals surface area contributed by atoms with Crippen LogP contribution in [0.5, 0.6) is 0 Å². The molecule has 0 heterocycles. The maximum atomic E-state index is 12.4. The molecule has 1 amide bonds. The lowest BCUT2D eigenvalue weighted by Gasteiger charge is -2.26. The molecular weight excluding hydrogens is 294 g/mol. The van der Waals surface area contributed by atoms with Crippen LogP contribution in [-0.2, 0) is 4.74 Å². The molecule has 3 nitrogen and oxygen atoms in total. The second-order valence-corrected chi connectivity index (χ2v) is 5.52. The minimum atomic E-state index is 0.0476. The summed E-state index contributed by atoms with van der Waals surface area (Å²) in [5.41, 5.74) is 1.79. The van der Waals surface area contributed by atoms with Crippen molar-refractivity contribution >= 4 is 21.8 Å². The zero-order chi connectivity index (χ0) is 13.7. The van der Waals surface area contributed by atoms with Gasteiger partial charge in [-0.1, -0.05) is 15.9 Å². The van der Waals surface area contributed by atoms with E-state index in [9.17, 15) is 4.79 Å². The number of carbonyl (C=O) groups is 1.